The van der Waals surface area contributed by atoms with Crippen LogP contribution in [0.1, 0.15) is 31.2 Å². The molecule has 4 nitrogen and oxygen atoms in total. The van der Waals surface area contributed by atoms with Gasteiger partial charge >= 0.3 is 0 Å². The van der Waals surface area contributed by atoms with E-state index < -0.39 is 0 Å². The van der Waals surface area contributed by atoms with E-state index in [1.165, 1.54) is 6.42 Å². The fourth-order valence-electron chi connectivity index (χ4n) is 2.78. The van der Waals surface area contributed by atoms with Crippen molar-refractivity contribution in [3.8, 4) is 5.75 Å². The van der Waals surface area contributed by atoms with Crippen molar-refractivity contribution in [3.63, 3.8) is 0 Å². The predicted octanol–water partition coefficient (Wildman–Crippen LogP) is 1.87. The first-order valence-corrected chi connectivity index (χ1v) is 7.28. The number of ether oxygens (including phenoxy) is 1. The van der Waals surface area contributed by atoms with Crippen LogP contribution >= 0.6 is 0 Å². The number of nitrogens with one attached hydrogen (secondary N) is 1. The first-order chi connectivity index (χ1) is 9.69. The summed E-state index contributed by atoms with van der Waals surface area (Å²) < 4.78 is 5.30. The number of carbonyl (C=O) groups is 1. The van der Waals surface area contributed by atoms with Crippen LogP contribution in [0.25, 0.3) is 0 Å². The Bertz CT molecular complexity index is 450. The lowest BCUT2D eigenvalue weighted by Gasteiger charge is -2.40. The van der Waals surface area contributed by atoms with Crippen molar-refractivity contribution in [2.45, 2.75) is 32.1 Å². The van der Waals surface area contributed by atoms with Gasteiger partial charge in [-0.3, -0.25) is 4.79 Å². The molecule has 1 aliphatic carbocycles. The molecule has 0 aliphatic heterocycles. The number of rotatable bonds is 7. The molecule has 1 fully saturated rings. The van der Waals surface area contributed by atoms with Crippen molar-refractivity contribution in [2.24, 2.45) is 11.1 Å². The fourth-order valence-corrected chi connectivity index (χ4v) is 2.78. The molecule has 0 bridgehead atoms. The summed E-state index contributed by atoms with van der Waals surface area (Å²) >= 11 is 0. The third kappa shape index (κ3) is 3.51. The zero-order chi connectivity index (χ0) is 14.4. The van der Waals surface area contributed by atoms with Crippen molar-refractivity contribution in [2.75, 3.05) is 20.2 Å². The van der Waals surface area contributed by atoms with Gasteiger partial charge in [-0.25, -0.2) is 0 Å². The molecule has 20 heavy (non-hydrogen) atoms. The van der Waals surface area contributed by atoms with Crippen LogP contribution in [0.3, 0.4) is 0 Å². The predicted molar refractivity (Wildman–Crippen MR) is 79.7 cm³/mol. The summed E-state index contributed by atoms with van der Waals surface area (Å²) in [5, 5.41) is 2.99. The number of para-hydroxylation sites is 1. The highest BCUT2D eigenvalue weighted by Gasteiger charge is 2.37. The van der Waals surface area contributed by atoms with Gasteiger partial charge in [-0.15, -0.1) is 0 Å². The molecule has 1 aromatic rings. The normalized spacial score (nSPS) is 16.3. The second kappa shape index (κ2) is 6.75. The molecule has 2 rings (SSSR count). The molecule has 1 amide bonds. The van der Waals surface area contributed by atoms with Crippen LogP contribution in [0, 0.1) is 5.41 Å². The maximum Gasteiger partial charge on any atom is 0.220 e. The number of amides is 1. The fraction of sp³-hybridized carbons (Fsp3) is 0.562. The molecule has 1 aliphatic rings. The van der Waals surface area contributed by atoms with Crippen molar-refractivity contribution in [1.29, 1.82) is 0 Å². The third-order valence-corrected chi connectivity index (χ3v) is 4.29. The Labute approximate surface area is 120 Å². The first-order valence-electron chi connectivity index (χ1n) is 7.28. The molecule has 3 N–H and O–H groups in total. The molecule has 4 heteroatoms. The minimum absolute atomic E-state index is 0.0779. The molecule has 0 heterocycles. The SMILES string of the molecule is COc1ccccc1CCNC(=O)CC1(CN)CCC1. The van der Waals surface area contributed by atoms with Crippen LogP contribution in [-0.2, 0) is 11.2 Å². The molecular weight excluding hydrogens is 252 g/mol. The van der Waals surface area contributed by atoms with E-state index in [4.69, 9.17) is 10.5 Å². The Morgan fingerprint density at radius 2 is 2.15 bits per heavy atom. The van der Waals surface area contributed by atoms with Crippen LogP contribution in [0.2, 0.25) is 0 Å². The molecule has 0 atom stereocenters. The van der Waals surface area contributed by atoms with Gasteiger partial charge in [-0.1, -0.05) is 24.6 Å². The Morgan fingerprint density at radius 3 is 2.75 bits per heavy atom. The van der Waals surface area contributed by atoms with Crippen LogP contribution in [0.15, 0.2) is 24.3 Å². The van der Waals surface area contributed by atoms with Gasteiger partial charge < -0.3 is 15.8 Å². The van der Waals surface area contributed by atoms with Gasteiger partial charge in [0.2, 0.25) is 5.91 Å². The van der Waals surface area contributed by atoms with Gasteiger partial charge in [0.25, 0.3) is 0 Å². The minimum Gasteiger partial charge on any atom is -0.496 e. The molecule has 0 unspecified atom stereocenters. The van der Waals surface area contributed by atoms with E-state index in [2.05, 4.69) is 5.32 Å². The number of carbonyl (C=O) groups excluding carboxylic acids is 1. The second-order valence-corrected chi connectivity index (χ2v) is 5.65. The summed E-state index contributed by atoms with van der Waals surface area (Å²) in [7, 11) is 1.67. The summed E-state index contributed by atoms with van der Waals surface area (Å²) in [6.07, 6.45) is 4.72. The Kier molecular flexibility index (Phi) is 5.01. The van der Waals surface area contributed by atoms with E-state index in [0.29, 0.717) is 19.5 Å². The third-order valence-electron chi connectivity index (χ3n) is 4.29. The van der Waals surface area contributed by atoms with E-state index in [9.17, 15) is 4.79 Å². The average molecular weight is 276 g/mol. The van der Waals surface area contributed by atoms with Gasteiger partial charge in [0.05, 0.1) is 7.11 Å². The topological polar surface area (TPSA) is 64.3 Å². The lowest BCUT2D eigenvalue weighted by Crippen LogP contribution is -2.42. The van der Waals surface area contributed by atoms with E-state index in [-0.39, 0.29) is 11.3 Å². The lowest BCUT2D eigenvalue weighted by molar-refractivity contribution is -0.124. The quantitative estimate of drug-likeness (QED) is 0.799. The molecular formula is C16H24N2O2. The zero-order valence-corrected chi connectivity index (χ0v) is 12.2. The Hall–Kier alpha value is -1.55. The number of hydrogen-bond acceptors (Lipinski definition) is 3. The molecule has 0 spiro atoms. The van der Waals surface area contributed by atoms with E-state index >= 15 is 0 Å². The standard InChI is InChI=1S/C16H24N2O2/c1-20-14-6-3-2-5-13(14)7-10-18-15(19)11-16(12-17)8-4-9-16/h2-3,5-6H,4,7-12,17H2,1H3,(H,18,19). The number of methoxy groups -OCH3 is 1. The van der Waals surface area contributed by atoms with E-state index in [1.807, 2.05) is 24.3 Å². The van der Waals surface area contributed by atoms with Crippen molar-refractivity contribution < 1.29 is 9.53 Å². The number of benzene rings is 1. The average Bonchev–Trinajstić information content (AvgIpc) is 2.43. The molecule has 0 radical (unpaired) electrons. The Balaban J connectivity index is 1.76. The summed E-state index contributed by atoms with van der Waals surface area (Å²) in [5.41, 5.74) is 6.97. The highest BCUT2D eigenvalue weighted by atomic mass is 16.5. The van der Waals surface area contributed by atoms with Gasteiger partial charge in [0, 0.05) is 13.0 Å². The van der Waals surface area contributed by atoms with Crippen LogP contribution in [0.5, 0.6) is 5.75 Å². The van der Waals surface area contributed by atoms with Crippen LogP contribution in [-0.4, -0.2) is 26.1 Å². The van der Waals surface area contributed by atoms with Crippen molar-refractivity contribution in [1.82, 2.24) is 5.32 Å². The van der Waals surface area contributed by atoms with Crippen LogP contribution < -0.4 is 15.8 Å². The zero-order valence-electron chi connectivity index (χ0n) is 12.2. The van der Waals surface area contributed by atoms with Gasteiger partial charge in [-0.05, 0) is 42.9 Å². The molecule has 0 saturated heterocycles. The van der Waals surface area contributed by atoms with Gasteiger partial charge in [-0.2, -0.15) is 0 Å². The number of hydrogen-bond donors (Lipinski definition) is 2. The minimum atomic E-state index is 0.0779. The molecule has 1 saturated carbocycles. The van der Waals surface area contributed by atoms with E-state index in [1.54, 1.807) is 7.11 Å². The van der Waals surface area contributed by atoms with Crippen LogP contribution in [0.4, 0.5) is 0 Å². The summed E-state index contributed by atoms with van der Waals surface area (Å²) in [6.45, 7) is 1.26. The molecule has 1 aromatic carbocycles. The van der Waals surface area contributed by atoms with Crippen molar-refractivity contribution in [3.05, 3.63) is 29.8 Å². The van der Waals surface area contributed by atoms with Gasteiger partial charge in [0.15, 0.2) is 0 Å². The largest absolute Gasteiger partial charge is 0.496 e. The van der Waals surface area contributed by atoms with Gasteiger partial charge in [0.1, 0.15) is 5.75 Å². The summed E-state index contributed by atoms with van der Waals surface area (Å²) in [5.74, 6) is 0.990. The highest BCUT2D eigenvalue weighted by Crippen LogP contribution is 2.42. The first kappa shape index (κ1) is 14.9. The molecule has 110 valence electrons. The van der Waals surface area contributed by atoms with E-state index in [0.717, 1.165) is 30.6 Å². The summed E-state index contributed by atoms with van der Waals surface area (Å²) in [6, 6.07) is 7.90. The monoisotopic (exact) mass is 276 g/mol. The second-order valence-electron chi connectivity index (χ2n) is 5.65. The molecule has 0 aromatic heterocycles. The summed E-state index contributed by atoms with van der Waals surface area (Å²) in [4.78, 5) is 12.0. The maximum absolute atomic E-state index is 12.0. The highest BCUT2D eigenvalue weighted by molar-refractivity contribution is 5.76. The lowest BCUT2D eigenvalue weighted by atomic mass is 9.66. The maximum atomic E-state index is 12.0. The van der Waals surface area contributed by atoms with Crippen molar-refractivity contribution >= 4 is 5.91 Å². The number of nitrogens with two attached hydrogens (primary N) is 1. The smallest absolute Gasteiger partial charge is 0.220 e. The Morgan fingerprint density at radius 1 is 1.40 bits per heavy atom.